The van der Waals surface area contributed by atoms with E-state index in [0.29, 0.717) is 81.4 Å². The molecule has 1 fully saturated rings. The highest BCUT2D eigenvalue weighted by atomic mass is 19.4. The minimum Gasteiger partial charge on any atom is -0.480 e. The highest BCUT2D eigenvalue weighted by Gasteiger charge is 2.44. The smallest absolute Gasteiger partial charge is 0.480 e. The number of nitrogens with zero attached hydrogens (tertiary/aromatic N) is 4. The lowest BCUT2D eigenvalue weighted by Crippen LogP contribution is -2.60. The predicted octanol–water partition coefficient (Wildman–Crippen LogP) is 7.01. The van der Waals surface area contributed by atoms with Crippen molar-refractivity contribution < 1.29 is 99.9 Å². The molecule has 2 aliphatic heterocycles. The number of nitrogens with one attached hydrogen (secondary N) is 7. The molecule has 11 atom stereocenters. The number of urea groups is 1. The number of unbranched alkanes of at least 4 members (excludes halogenated alkanes) is 2. The summed E-state index contributed by atoms with van der Waals surface area (Å²) >= 11 is 0. The van der Waals surface area contributed by atoms with Crippen molar-refractivity contribution >= 4 is 88.6 Å². The van der Waals surface area contributed by atoms with Crippen molar-refractivity contribution in [3.63, 3.8) is 0 Å². The number of alkyl halides is 3. The molecular formula is C79H115F3N12O18. The summed E-state index contributed by atoms with van der Waals surface area (Å²) in [6.45, 7) is 18.0. The van der Waals surface area contributed by atoms with Crippen molar-refractivity contribution in [2.75, 3.05) is 64.7 Å². The molecule has 33 heteroatoms. The first-order valence-electron chi connectivity index (χ1n) is 37.9. The Hall–Kier alpha value is -10.0. The number of nitrogens with two attached hydrogens (primary N) is 1. The fourth-order valence-corrected chi connectivity index (χ4v) is 13.2. The van der Waals surface area contributed by atoms with E-state index in [0.717, 1.165) is 16.0 Å². The van der Waals surface area contributed by atoms with E-state index in [-0.39, 0.29) is 111 Å². The molecule has 3 aromatic carbocycles. The third-order valence-corrected chi connectivity index (χ3v) is 19.8. The molecule has 112 heavy (non-hydrogen) atoms. The van der Waals surface area contributed by atoms with Gasteiger partial charge in [0, 0.05) is 84.3 Å². The van der Waals surface area contributed by atoms with E-state index in [1.165, 1.54) is 31.3 Å². The molecule has 1 saturated heterocycles. The lowest BCUT2D eigenvalue weighted by molar-refractivity contribution is -0.192. The maximum Gasteiger partial charge on any atom is 0.490 e. The molecule has 3 aromatic rings. The molecule has 2 heterocycles. The first-order chi connectivity index (χ1) is 52.8. The lowest BCUT2D eigenvalue weighted by atomic mass is 9.89. The van der Waals surface area contributed by atoms with Crippen LogP contribution in [0.4, 0.5) is 34.1 Å². The monoisotopic (exact) mass is 1580 g/mol. The number of amides is 12. The number of hydrogen-bond acceptors (Lipinski definition) is 17. The Kier molecular flexibility index (Phi) is 39.4. The number of carboxylic acids is 2. The molecule has 0 bridgehead atoms. The number of primary amides is 1. The molecule has 2 aliphatic rings. The van der Waals surface area contributed by atoms with Crippen molar-refractivity contribution in [2.45, 2.75) is 213 Å². The number of aryl methyl sites for hydroxylation is 1. The van der Waals surface area contributed by atoms with Crippen LogP contribution in [0.1, 0.15) is 150 Å². The second-order valence-electron chi connectivity index (χ2n) is 29.2. The Morgan fingerprint density at radius 1 is 0.661 bits per heavy atom. The number of halogens is 3. The highest BCUT2D eigenvalue weighted by Crippen LogP contribution is 2.31. The number of hydrogen-bond donors (Lipinski definition) is 10. The Morgan fingerprint density at radius 3 is 1.80 bits per heavy atom. The summed E-state index contributed by atoms with van der Waals surface area (Å²) in [7, 11) is 6.27. The second-order valence-corrected chi connectivity index (χ2v) is 29.2. The molecule has 0 saturated carbocycles. The van der Waals surface area contributed by atoms with Crippen LogP contribution in [0, 0.1) is 29.6 Å². The number of likely N-dealkylation sites (tertiary alicyclic amines) is 1. The van der Waals surface area contributed by atoms with Gasteiger partial charge < -0.3 is 77.2 Å². The molecule has 0 radical (unpaired) electrons. The predicted molar refractivity (Wildman–Crippen MR) is 411 cm³/mol. The van der Waals surface area contributed by atoms with Crippen LogP contribution in [-0.2, 0) is 86.4 Å². The summed E-state index contributed by atoms with van der Waals surface area (Å²) in [6.07, 6.45) is 0.456. The Balaban J connectivity index is 0.00000359. The van der Waals surface area contributed by atoms with E-state index in [1.54, 1.807) is 93.2 Å². The normalized spacial score (nSPS) is 16.1. The van der Waals surface area contributed by atoms with Gasteiger partial charge in [0.25, 0.3) is 11.8 Å². The number of anilines is 2. The SMILES string of the molecule is CC[C@H](C)[C@@H]([C@@H](CC(=O)N1CCCC1[C@H](OC)[C@@H](C)C(=O)N[C@@H](Cc1ccccc1)C(=O)O)OC)N(C)C(=O)C(NC(=O)C(NCCCc1ccc(N(C)C(=O)OCc2ccc(NC(=O)C(CCCNC(N)=O)NC(=O)C(NC(=O)CCCCCN3C(=O)C=CC3=O)C(C)C)cc2)cc1)C(C)C)C(C)C.O=C(O)C(F)(F)F. The molecule has 0 aliphatic carbocycles. The van der Waals surface area contributed by atoms with Gasteiger partial charge in [-0.1, -0.05) is 130 Å². The van der Waals surface area contributed by atoms with E-state index < -0.39 is 108 Å². The molecule has 12 amide bonds. The summed E-state index contributed by atoms with van der Waals surface area (Å²) in [5.74, 6) is -9.34. The third-order valence-electron chi connectivity index (χ3n) is 19.8. The van der Waals surface area contributed by atoms with Crippen molar-refractivity contribution in [1.29, 1.82) is 0 Å². The number of carbonyl (C=O) groups is 13. The molecule has 0 aromatic heterocycles. The van der Waals surface area contributed by atoms with Crippen LogP contribution in [0.25, 0.3) is 0 Å². The second kappa shape index (κ2) is 46.7. The number of carbonyl (C=O) groups excluding carboxylic acids is 11. The van der Waals surface area contributed by atoms with Crippen molar-refractivity contribution in [2.24, 2.45) is 35.3 Å². The summed E-state index contributed by atoms with van der Waals surface area (Å²) in [6, 6.07) is 16.5. The molecular weight excluding hydrogens is 1460 g/mol. The van der Waals surface area contributed by atoms with Crippen LogP contribution in [0.3, 0.4) is 0 Å². The van der Waals surface area contributed by atoms with Crippen LogP contribution in [0.15, 0.2) is 91.0 Å². The van der Waals surface area contributed by atoms with Gasteiger partial charge in [0.2, 0.25) is 41.4 Å². The molecule has 5 rings (SSSR count). The number of benzene rings is 3. The fourth-order valence-electron chi connectivity index (χ4n) is 13.2. The van der Waals surface area contributed by atoms with E-state index >= 15 is 0 Å². The van der Waals surface area contributed by atoms with Crippen LogP contribution in [0.5, 0.6) is 0 Å². The number of likely N-dealkylation sites (N-methyl/N-ethyl adjacent to an activating group) is 1. The summed E-state index contributed by atoms with van der Waals surface area (Å²) < 4.78 is 49.4. The van der Waals surface area contributed by atoms with Crippen molar-refractivity contribution in [3.05, 3.63) is 108 Å². The number of methoxy groups -OCH3 is 2. The molecule has 5 unspecified atom stereocenters. The van der Waals surface area contributed by atoms with Gasteiger partial charge in [-0.3, -0.25) is 53.0 Å². The Bertz CT molecular complexity index is 3630. The van der Waals surface area contributed by atoms with Crippen molar-refractivity contribution in [3.8, 4) is 0 Å². The summed E-state index contributed by atoms with van der Waals surface area (Å²) in [5.41, 5.74) is 8.58. The number of ether oxygens (including phenoxy) is 3. The van der Waals surface area contributed by atoms with Gasteiger partial charge in [-0.25, -0.2) is 19.2 Å². The number of rotatable bonds is 44. The number of aliphatic carboxylic acids is 2. The number of carboxylic acid groups (broad SMARTS) is 2. The van der Waals surface area contributed by atoms with E-state index in [2.05, 4.69) is 37.2 Å². The third kappa shape index (κ3) is 30.2. The first kappa shape index (κ1) is 94.4. The minimum atomic E-state index is -5.08. The topological polar surface area (TPSA) is 413 Å². The lowest BCUT2D eigenvalue weighted by Gasteiger charge is -2.41. The Morgan fingerprint density at radius 2 is 1.25 bits per heavy atom. The quantitative estimate of drug-likeness (QED) is 0.0201. The Labute approximate surface area is 653 Å². The minimum absolute atomic E-state index is 0.0811. The largest absolute Gasteiger partial charge is 0.490 e. The zero-order valence-electron chi connectivity index (χ0n) is 66.4. The van der Waals surface area contributed by atoms with Gasteiger partial charge in [-0.2, -0.15) is 13.2 Å². The van der Waals surface area contributed by atoms with Crippen LogP contribution in [-0.4, -0.2) is 217 Å². The summed E-state index contributed by atoms with van der Waals surface area (Å²) in [5, 5.41) is 37.1. The molecule has 0 spiro atoms. The van der Waals surface area contributed by atoms with E-state index in [4.69, 9.17) is 29.8 Å². The number of imide groups is 1. The van der Waals surface area contributed by atoms with Gasteiger partial charge in [0.05, 0.1) is 42.7 Å². The van der Waals surface area contributed by atoms with Gasteiger partial charge in [-0.15, -0.1) is 0 Å². The average Bonchev–Trinajstić information content (AvgIpc) is 1.43. The fraction of sp³-hybridized carbons (Fsp3) is 0.582. The molecule has 30 nitrogen and oxygen atoms in total. The molecule has 620 valence electrons. The highest BCUT2D eigenvalue weighted by molar-refractivity contribution is 6.12. The maximum absolute atomic E-state index is 14.8. The maximum atomic E-state index is 14.8. The van der Waals surface area contributed by atoms with Crippen molar-refractivity contribution in [1.82, 2.24) is 46.6 Å². The van der Waals surface area contributed by atoms with Crippen LogP contribution < -0.4 is 47.9 Å². The zero-order valence-corrected chi connectivity index (χ0v) is 66.4. The molecule has 11 N–H and O–H groups in total. The van der Waals surface area contributed by atoms with Gasteiger partial charge in [0.1, 0.15) is 30.8 Å². The van der Waals surface area contributed by atoms with Gasteiger partial charge in [0.15, 0.2) is 0 Å². The zero-order chi connectivity index (χ0) is 83.7. The van der Waals surface area contributed by atoms with Gasteiger partial charge >= 0.3 is 30.2 Å². The van der Waals surface area contributed by atoms with E-state index in [1.807, 2.05) is 71.9 Å². The average molecular weight is 1580 g/mol. The standard InChI is InChI=1S/C77H114N12O16.C2HF3O2/c1-14-50(8)68(60(103-12)45-64(93)88-43-23-28-59(88)69(104-13)51(9)70(94)83-58(75(99)100)44-53-24-17-15-18-25-53)87(11)74(98)67(49(6)7)85-72(96)65(47(2)3)79-40-21-26-52-32-36-56(37-33-52)86(10)77(102)105-46-54-30-34-55(35-31-54)81-71(95)57(27-22-41-80-76(78)101)82-73(97)66(48(4)5)84-61(90)29-19-16-20-42-89-62(91)38-39-63(89)92;3-2(4,5)1(6)7/h15,17-18,24-25,30-39,47-51,57-60,65-69,79H,14,16,19-23,26-29,40-46H2,1-13H3,(H,81,95)(H,82,97)(H,83,94)(H,84,90)(H,85,96)(H,99,100)(H3,78,80,101);(H,6,7)/t50-,51+,57?,58-,59?,60+,65?,66?,67?,68-,69+;/m0./s1. The van der Waals surface area contributed by atoms with Gasteiger partial charge in [-0.05, 0) is 123 Å². The van der Waals surface area contributed by atoms with Crippen LogP contribution in [0.2, 0.25) is 0 Å². The van der Waals surface area contributed by atoms with E-state index in [9.17, 15) is 75.8 Å². The summed E-state index contributed by atoms with van der Waals surface area (Å²) in [4.78, 5) is 173. The first-order valence-corrected chi connectivity index (χ1v) is 37.9. The van der Waals surface area contributed by atoms with Crippen LogP contribution >= 0.6 is 0 Å².